The van der Waals surface area contributed by atoms with E-state index in [4.69, 9.17) is 5.73 Å². The molecule has 1 heterocycles. The third kappa shape index (κ3) is 2.05. The van der Waals surface area contributed by atoms with Gasteiger partial charge in [-0.05, 0) is 24.6 Å². The van der Waals surface area contributed by atoms with Crippen LogP contribution in [0, 0.1) is 6.92 Å². The number of aryl methyl sites for hydroxylation is 1. The predicted molar refractivity (Wildman–Crippen MR) is 59.6 cm³/mol. The van der Waals surface area contributed by atoms with Crippen LogP contribution in [0.1, 0.15) is 5.56 Å². The Morgan fingerprint density at radius 1 is 1.43 bits per heavy atom. The molecule has 2 aromatic rings. The molecule has 3 nitrogen and oxygen atoms in total. The van der Waals surface area contributed by atoms with Crippen LogP contribution in [-0.4, -0.2) is 10.2 Å². The third-order valence-electron chi connectivity index (χ3n) is 1.71. The smallest absolute Gasteiger partial charge is 0.178 e. The van der Waals surface area contributed by atoms with E-state index in [1.165, 1.54) is 16.9 Å². The number of hydrogen-bond acceptors (Lipinski definition) is 5. The van der Waals surface area contributed by atoms with Crippen molar-refractivity contribution in [2.75, 3.05) is 5.73 Å². The maximum Gasteiger partial charge on any atom is 0.178 e. The van der Waals surface area contributed by atoms with Gasteiger partial charge >= 0.3 is 0 Å². The Labute approximate surface area is 90.4 Å². The van der Waals surface area contributed by atoms with Crippen LogP contribution in [0.2, 0.25) is 0 Å². The van der Waals surface area contributed by atoms with Gasteiger partial charge in [-0.3, -0.25) is 0 Å². The minimum atomic E-state index is 0.788. The van der Waals surface area contributed by atoms with Crippen LogP contribution in [0.4, 0.5) is 5.69 Å². The summed E-state index contributed by atoms with van der Waals surface area (Å²) in [5, 5.41) is 7.74. The Morgan fingerprint density at radius 3 is 3.00 bits per heavy atom. The number of rotatable bonds is 2. The largest absolute Gasteiger partial charge is 0.398 e. The average Bonchev–Trinajstić information content (AvgIpc) is 2.64. The number of nitrogens with zero attached hydrogens (tertiary/aromatic N) is 2. The lowest BCUT2D eigenvalue weighted by atomic mass is 10.2. The fourth-order valence-electron chi connectivity index (χ4n) is 1.03. The Balaban J connectivity index is 2.28. The number of hydrogen-bond donors (Lipinski definition) is 1. The molecule has 0 aliphatic rings. The molecule has 0 atom stereocenters. The molecule has 0 unspecified atom stereocenters. The minimum absolute atomic E-state index is 0.788. The maximum atomic E-state index is 5.84. The van der Waals surface area contributed by atoms with E-state index in [0.717, 1.165) is 14.9 Å². The van der Waals surface area contributed by atoms with Gasteiger partial charge in [-0.25, -0.2) is 0 Å². The molecule has 0 fully saturated rings. The Kier molecular flexibility index (Phi) is 2.69. The lowest BCUT2D eigenvalue weighted by Crippen LogP contribution is -1.88. The minimum Gasteiger partial charge on any atom is -0.398 e. The average molecular weight is 223 g/mol. The van der Waals surface area contributed by atoms with Crippen LogP contribution >= 0.6 is 23.1 Å². The van der Waals surface area contributed by atoms with E-state index in [1.54, 1.807) is 17.3 Å². The van der Waals surface area contributed by atoms with Gasteiger partial charge in [-0.2, -0.15) is 0 Å². The zero-order chi connectivity index (χ0) is 9.97. The van der Waals surface area contributed by atoms with Crippen molar-refractivity contribution in [3.05, 3.63) is 29.3 Å². The zero-order valence-corrected chi connectivity index (χ0v) is 9.23. The lowest BCUT2D eigenvalue weighted by Gasteiger charge is -2.03. The van der Waals surface area contributed by atoms with Crippen LogP contribution in [0.25, 0.3) is 0 Å². The van der Waals surface area contributed by atoms with Crippen molar-refractivity contribution < 1.29 is 0 Å². The molecule has 0 spiro atoms. The molecule has 0 aliphatic carbocycles. The van der Waals surface area contributed by atoms with Crippen molar-refractivity contribution >= 4 is 28.8 Å². The molecule has 72 valence electrons. The molecule has 1 aromatic heterocycles. The molecule has 0 amide bonds. The van der Waals surface area contributed by atoms with E-state index in [9.17, 15) is 0 Å². The van der Waals surface area contributed by atoms with Crippen LogP contribution in [0.5, 0.6) is 0 Å². The second kappa shape index (κ2) is 3.98. The van der Waals surface area contributed by atoms with Crippen LogP contribution in [0.15, 0.2) is 32.9 Å². The van der Waals surface area contributed by atoms with E-state index < -0.39 is 0 Å². The van der Waals surface area contributed by atoms with Gasteiger partial charge in [-0.15, -0.1) is 10.2 Å². The number of nitrogen functional groups attached to an aromatic ring is 1. The van der Waals surface area contributed by atoms with Gasteiger partial charge in [0.1, 0.15) is 5.51 Å². The van der Waals surface area contributed by atoms with Gasteiger partial charge in [0.05, 0.1) is 0 Å². The van der Waals surface area contributed by atoms with E-state index in [1.807, 2.05) is 19.1 Å². The standard InChI is InChI=1S/C9H9N3S2/c1-6-2-3-7(10)8(4-6)14-9-12-11-5-13-9/h2-5H,10H2,1H3. The van der Waals surface area contributed by atoms with E-state index in [0.29, 0.717) is 0 Å². The van der Waals surface area contributed by atoms with Crippen LogP contribution < -0.4 is 5.73 Å². The second-order valence-corrected chi connectivity index (χ2v) is 4.97. The molecule has 0 saturated carbocycles. The van der Waals surface area contributed by atoms with Gasteiger partial charge in [0.25, 0.3) is 0 Å². The van der Waals surface area contributed by atoms with Crippen molar-refractivity contribution in [2.45, 2.75) is 16.2 Å². The maximum absolute atomic E-state index is 5.84. The number of aromatic nitrogens is 2. The number of anilines is 1. The fourth-order valence-corrected chi connectivity index (χ4v) is 2.61. The molecule has 0 saturated heterocycles. The first kappa shape index (κ1) is 9.48. The molecule has 2 N–H and O–H groups in total. The zero-order valence-electron chi connectivity index (χ0n) is 7.60. The second-order valence-electron chi connectivity index (χ2n) is 2.85. The predicted octanol–water partition coefficient (Wildman–Crippen LogP) is 2.58. The SMILES string of the molecule is Cc1ccc(N)c(Sc2nncs2)c1. The van der Waals surface area contributed by atoms with Crippen LogP contribution in [-0.2, 0) is 0 Å². The molecule has 1 aromatic carbocycles. The summed E-state index contributed by atoms with van der Waals surface area (Å²) in [6.45, 7) is 2.05. The quantitative estimate of drug-likeness (QED) is 0.795. The molecule has 0 aliphatic heterocycles. The summed E-state index contributed by atoms with van der Waals surface area (Å²) < 4.78 is 0.919. The molecule has 2 rings (SSSR count). The Hall–Kier alpha value is -1.07. The van der Waals surface area contributed by atoms with Crippen LogP contribution in [0.3, 0.4) is 0 Å². The summed E-state index contributed by atoms with van der Waals surface area (Å²) >= 11 is 3.07. The van der Waals surface area contributed by atoms with Gasteiger partial charge < -0.3 is 5.73 Å². The summed E-state index contributed by atoms with van der Waals surface area (Å²) in [7, 11) is 0. The van der Waals surface area contributed by atoms with E-state index in [2.05, 4.69) is 16.3 Å². The van der Waals surface area contributed by atoms with Crippen molar-refractivity contribution in [1.82, 2.24) is 10.2 Å². The first-order chi connectivity index (χ1) is 6.75. The van der Waals surface area contributed by atoms with Gasteiger partial charge in [-0.1, -0.05) is 29.2 Å². The summed E-state index contributed by atoms with van der Waals surface area (Å²) in [4.78, 5) is 1.04. The first-order valence-corrected chi connectivity index (χ1v) is 5.75. The lowest BCUT2D eigenvalue weighted by molar-refractivity contribution is 1.01. The normalized spacial score (nSPS) is 10.4. The highest BCUT2D eigenvalue weighted by molar-refractivity contribution is 8.01. The van der Waals surface area contributed by atoms with Crippen molar-refractivity contribution in [3.63, 3.8) is 0 Å². The van der Waals surface area contributed by atoms with Gasteiger partial charge in [0.2, 0.25) is 0 Å². The molecular formula is C9H9N3S2. The monoisotopic (exact) mass is 223 g/mol. The highest BCUT2D eigenvalue weighted by Gasteiger charge is 2.04. The topological polar surface area (TPSA) is 51.8 Å². The van der Waals surface area contributed by atoms with Crippen molar-refractivity contribution in [3.8, 4) is 0 Å². The Bertz CT molecular complexity index is 426. The molecule has 0 radical (unpaired) electrons. The molecule has 0 bridgehead atoms. The van der Waals surface area contributed by atoms with Gasteiger partial charge in [0.15, 0.2) is 4.34 Å². The molecular weight excluding hydrogens is 214 g/mol. The molecule has 14 heavy (non-hydrogen) atoms. The summed E-state index contributed by atoms with van der Waals surface area (Å²) in [6, 6.07) is 5.97. The highest BCUT2D eigenvalue weighted by atomic mass is 32.2. The first-order valence-electron chi connectivity index (χ1n) is 4.06. The highest BCUT2D eigenvalue weighted by Crippen LogP contribution is 2.33. The summed E-state index contributed by atoms with van der Waals surface area (Å²) in [5.41, 5.74) is 9.55. The van der Waals surface area contributed by atoms with E-state index in [-0.39, 0.29) is 0 Å². The van der Waals surface area contributed by atoms with Crippen molar-refractivity contribution in [2.24, 2.45) is 0 Å². The summed E-state index contributed by atoms with van der Waals surface area (Å²) in [6.07, 6.45) is 0. The molecule has 5 heteroatoms. The number of nitrogens with two attached hydrogens (primary N) is 1. The third-order valence-corrected chi connectivity index (χ3v) is 3.56. The summed E-state index contributed by atoms with van der Waals surface area (Å²) in [5.74, 6) is 0. The fraction of sp³-hybridized carbons (Fsp3) is 0.111. The van der Waals surface area contributed by atoms with Gasteiger partial charge in [0, 0.05) is 10.6 Å². The van der Waals surface area contributed by atoms with Crippen molar-refractivity contribution in [1.29, 1.82) is 0 Å². The Morgan fingerprint density at radius 2 is 2.29 bits per heavy atom. The number of benzene rings is 1. The van der Waals surface area contributed by atoms with E-state index >= 15 is 0 Å².